The lowest BCUT2D eigenvalue weighted by molar-refractivity contribution is 0.0729. The average molecular weight is 413 g/mol. The Morgan fingerprint density at radius 3 is 2.55 bits per heavy atom. The summed E-state index contributed by atoms with van der Waals surface area (Å²) in [4.78, 5) is 24.2. The Hall–Kier alpha value is -3.65. The second-order valence-electron chi connectivity index (χ2n) is 5.94. The normalized spacial score (nSPS) is 10.7. The third-order valence-corrected chi connectivity index (χ3v) is 4.04. The van der Waals surface area contributed by atoms with Gasteiger partial charge in [-0.15, -0.1) is 0 Å². The van der Waals surface area contributed by atoms with Gasteiger partial charge in [0.2, 0.25) is 0 Å². The Balaban J connectivity index is 1.67. The number of hydrogen-bond acceptors (Lipinski definition) is 6. The van der Waals surface area contributed by atoms with E-state index < -0.39 is 11.9 Å². The highest BCUT2D eigenvalue weighted by Gasteiger charge is 2.13. The monoisotopic (exact) mass is 412 g/mol. The van der Waals surface area contributed by atoms with E-state index in [9.17, 15) is 9.59 Å². The lowest BCUT2D eigenvalue weighted by Gasteiger charge is -2.10. The molecule has 3 rings (SSSR count). The summed E-state index contributed by atoms with van der Waals surface area (Å²) in [6.45, 7) is 1.79. The number of amides is 1. The Morgan fingerprint density at radius 1 is 1.14 bits per heavy atom. The van der Waals surface area contributed by atoms with Gasteiger partial charge in [-0.2, -0.15) is 10.2 Å². The van der Waals surface area contributed by atoms with Crippen molar-refractivity contribution in [2.24, 2.45) is 5.10 Å². The van der Waals surface area contributed by atoms with Crippen molar-refractivity contribution in [2.45, 2.75) is 6.92 Å². The van der Waals surface area contributed by atoms with Crippen LogP contribution in [-0.4, -0.2) is 35.4 Å². The highest BCUT2D eigenvalue weighted by Crippen LogP contribution is 2.28. The van der Waals surface area contributed by atoms with Crippen molar-refractivity contribution in [3.05, 3.63) is 76.1 Å². The molecule has 8 nitrogen and oxygen atoms in total. The smallest absolute Gasteiger partial charge is 0.343 e. The van der Waals surface area contributed by atoms with Crippen molar-refractivity contribution in [3.63, 3.8) is 0 Å². The number of carbonyl (C=O) groups excluding carboxylic acids is 2. The number of carbonyl (C=O) groups is 2. The lowest BCUT2D eigenvalue weighted by atomic mass is 10.2. The lowest BCUT2D eigenvalue weighted by Crippen LogP contribution is -2.18. The first-order chi connectivity index (χ1) is 14.0. The van der Waals surface area contributed by atoms with Crippen LogP contribution in [0.5, 0.6) is 11.5 Å². The van der Waals surface area contributed by atoms with E-state index in [1.165, 1.54) is 13.3 Å². The van der Waals surface area contributed by atoms with E-state index in [1.807, 2.05) is 0 Å². The fraction of sp³-hybridized carbons (Fsp3) is 0.100. The van der Waals surface area contributed by atoms with E-state index in [4.69, 9.17) is 21.1 Å². The molecule has 0 unspecified atom stereocenters. The quantitative estimate of drug-likeness (QED) is 0.279. The van der Waals surface area contributed by atoms with Crippen molar-refractivity contribution in [3.8, 4) is 11.5 Å². The van der Waals surface area contributed by atoms with E-state index in [1.54, 1.807) is 55.5 Å². The Labute approximate surface area is 171 Å². The molecule has 9 heteroatoms. The Bertz CT molecular complexity index is 1060. The number of aryl methyl sites for hydroxylation is 1. The number of rotatable bonds is 6. The van der Waals surface area contributed by atoms with Crippen LogP contribution in [0.2, 0.25) is 5.02 Å². The number of H-pyrrole nitrogens is 1. The van der Waals surface area contributed by atoms with Crippen molar-refractivity contribution >= 4 is 29.7 Å². The zero-order valence-electron chi connectivity index (χ0n) is 15.6. The predicted octanol–water partition coefficient (Wildman–Crippen LogP) is 3.36. The van der Waals surface area contributed by atoms with Gasteiger partial charge in [0.1, 0.15) is 0 Å². The number of esters is 1. The molecule has 2 aromatic carbocycles. The third kappa shape index (κ3) is 5.20. The van der Waals surface area contributed by atoms with Crippen LogP contribution in [0.4, 0.5) is 0 Å². The van der Waals surface area contributed by atoms with Crippen LogP contribution in [0.25, 0.3) is 0 Å². The zero-order chi connectivity index (χ0) is 20.8. The van der Waals surface area contributed by atoms with Crippen LogP contribution < -0.4 is 14.9 Å². The molecule has 0 bridgehead atoms. The molecule has 0 aliphatic heterocycles. The fourth-order valence-corrected chi connectivity index (χ4v) is 2.48. The standard InChI is InChI=1S/C20H17ClN4O4/c1-12-9-16(24-23-12)19(26)25-22-11-13-3-8-17(18(10-13)28-2)29-20(27)14-4-6-15(21)7-5-14/h3-11H,1-2H3,(H,23,24)(H,25,26)/b22-11+. The molecule has 0 radical (unpaired) electrons. The summed E-state index contributed by atoms with van der Waals surface area (Å²) < 4.78 is 10.7. The highest BCUT2D eigenvalue weighted by molar-refractivity contribution is 6.30. The van der Waals surface area contributed by atoms with Gasteiger partial charge < -0.3 is 9.47 Å². The topological polar surface area (TPSA) is 106 Å². The molecule has 0 fully saturated rings. The van der Waals surface area contributed by atoms with Crippen molar-refractivity contribution in [2.75, 3.05) is 7.11 Å². The first-order valence-electron chi connectivity index (χ1n) is 8.47. The van der Waals surface area contributed by atoms with Crippen LogP contribution in [0, 0.1) is 6.92 Å². The summed E-state index contributed by atoms with van der Waals surface area (Å²) in [7, 11) is 1.46. The van der Waals surface area contributed by atoms with Crippen molar-refractivity contribution in [1.82, 2.24) is 15.6 Å². The van der Waals surface area contributed by atoms with Gasteiger partial charge in [0.15, 0.2) is 17.2 Å². The number of nitrogens with one attached hydrogen (secondary N) is 2. The fourth-order valence-electron chi connectivity index (χ4n) is 2.35. The summed E-state index contributed by atoms with van der Waals surface area (Å²) in [6.07, 6.45) is 1.44. The maximum atomic E-state index is 12.3. The van der Waals surface area contributed by atoms with Gasteiger partial charge in [-0.05, 0) is 61.0 Å². The minimum Gasteiger partial charge on any atom is -0.493 e. The molecule has 0 aliphatic carbocycles. The maximum Gasteiger partial charge on any atom is 0.343 e. The van der Waals surface area contributed by atoms with E-state index in [0.717, 1.165) is 5.69 Å². The number of halogens is 1. The number of hydrogen-bond donors (Lipinski definition) is 2. The molecule has 0 saturated heterocycles. The summed E-state index contributed by atoms with van der Waals surface area (Å²) in [6, 6.07) is 12.8. The van der Waals surface area contributed by atoms with Crippen molar-refractivity contribution in [1.29, 1.82) is 0 Å². The molecular weight excluding hydrogens is 396 g/mol. The molecule has 1 aromatic heterocycles. The zero-order valence-corrected chi connectivity index (χ0v) is 16.4. The van der Waals surface area contributed by atoms with Gasteiger partial charge in [-0.3, -0.25) is 9.89 Å². The van der Waals surface area contributed by atoms with E-state index >= 15 is 0 Å². The summed E-state index contributed by atoms with van der Waals surface area (Å²) in [5.74, 6) is -0.389. The first-order valence-corrected chi connectivity index (χ1v) is 8.85. The third-order valence-electron chi connectivity index (χ3n) is 3.79. The van der Waals surface area contributed by atoms with Gasteiger partial charge in [-0.1, -0.05) is 11.6 Å². The second-order valence-corrected chi connectivity index (χ2v) is 6.38. The van der Waals surface area contributed by atoms with Gasteiger partial charge in [0, 0.05) is 10.7 Å². The van der Waals surface area contributed by atoms with Crippen LogP contribution >= 0.6 is 11.6 Å². The number of methoxy groups -OCH3 is 1. The minimum absolute atomic E-state index is 0.238. The summed E-state index contributed by atoms with van der Waals surface area (Å²) in [5.41, 5.74) is 4.38. The predicted molar refractivity (Wildman–Crippen MR) is 108 cm³/mol. The average Bonchev–Trinajstić information content (AvgIpc) is 3.15. The van der Waals surface area contributed by atoms with Crippen LogP contribution in [-0.2, 0) is 0 Å². The van der Waals surface area contributed by atoms with Crippen LogP contribution in [0.3, 0.4) is 0 Å². The van der Waals surface area contributed by atoms with Gasteiger partial charge in [0.25, 0.3) is 5.91 Å². The van der Waals surface area contributed by atoms with Gasteiger partial charge in [0.05, 0.1) is 18.9 Å². The molecule has 0 aliphatic rings. The summed E-state index contributed by atoms with van der Waals surface area (Å²) >= 11 is 5.82. The Kier molecular flexibility index (Phi) is 6.25. The SMILES string of the molecule is COc1cc(/C=N/NC(=O)c2cc(C)[nH]n2)ccc1OC(=O)c1ccc(Cl)cc1. The number of nitrogens with zero attached hydrogens (tertiary/aromatic N) is 2. The molecule has 0 atom stereocenters. The van der Waals surface area contributed by atoms with Crippen LogP contribution in [0.15, 0.2) is 53.6 Å². The molecular formula is C20H17ClN4O4. The molecule has 29 heavy (non-hydrogen) atoms. The molecule has 1 heterocycles. The van der Waals surface area contributed by atoms with E-state index in [0.29, 0.717) is 21.9 Å². The van der Waals surface area contributed by atoms with Gasteiger partial charge >= 0.3 is 5.97 Å². The largest absolute Gasteiger partial charge is 0.493 e. The molecule has 1 amide bonds. The molecule has 148 valence electrons. The number of hydrazone groups is 1. The number of benzene rings is 2. The highest BCUT2D eigenvalue weighted by atomic mass is 35.5. The second kappa shape index (κ2) is 9.03. The maximum absolute atomic E-state index is 12.3. The van der Waals surface area contributed by atoms with E-state index in [-0.39, 0.29) is 11.4 Å². The van der Waals surface area contributed by atoms with E-state index in [2.05, 4.69) is 20.7 Å². The van der Waals surface area contributed by atoms with Crippen LogP contribution in [0.1, 0.15) is 32.1 Å². The number of aromatic amines is 1. The molecule has 0 saturated carbocycles. The summed E-state index contributed by atoms with van der Waals surface area (Å²) in [5, 5.41) is 11.0. The molecule has 2 N–H and O–H groups in total. The minimum atomic E-state index is -0.539. The number of aromatic nitrogens is 2. The molecule has 0 spiro atoms. The number of ether oxygens (including phenoxy) is 2. The van der Waals surface area contributed by atoms with Gasteiger partial charge in [-0.25, -0.2) is 10.2 Å². The Morgan fingerprint density at radius 2 is 1.90 bits per heavy atom. The van der Waals surface area contributed by atoms with Crippen molar-refractivity contribution < 1.29 is 19.1 Å². The molecule has 3 aromatic rings. The first kappa shape index (κ1) is 20.1.